The monoisotopic (exact) mass is 471 g/mol. The second-order valence-corrected chi connectivity index (χ2v) is 7.55. The number of rotatable bonds is 3. The van der Waals surface area contributed by atoms with Gasteiger partial charge >= 0.3 is 12.3 Å². The summed E-state index contributed by atoms with van der Waals surface area (Å²) in [4.78, 5) is 12.9. The first-order valence-corrected chi connectivity index (χ1v) is 9.98. The van der Waals surface area contributed by atoms with Crippen molar-refractivity contribution in [2.24, 2.45) is 0 Å². The van der Waals surface area contributed by atoms with Gasteiger partial charge in [0, 0.05) is 34.1 Å². The van der Waals surface area contributed by atoms with Crippen LogP contribution in [0.2, 0.25) is 5.02 Å². The second kappa shape index (κ2) is 7.86. The van der Waals surface area contributed by atoms with Crippen molar-refractivity contribution in [3.8, 4) is 33.9 Å². The maximum absolute atomic E-state index is 13.4. The third-order valence-corrected chi connectivity index (χ3v) is 5.10. The van der Waals surface area contributed by atoms with Gasteiger partial charge in [0.25, 0.3) is 0 Å². The highest BCUT2D eigenvalue weighted by Gasteiger charge is 2.43. The van der Waals surface area contributed by atoms with Crippen LogP contribution in [-0.2, 0) is 0 Å². The van der Waals surface area contributed by atoms with Crippen molar-refractivity contribution < 1.29 is 27.4 Å². The summed E-state index contributed by atoms with van der Waals surface area (Å²) in [6.45, 7) is 0. The Bertz CT molecular complexity index is 1290. The van der Waals surface area contributed by atoms with E-state index >= 15 is 0 Å². The smallest absolute Gasteiger partial charge is 0.395 e. The zero-order chi connectivity index (χ0) is 23.2. The lowest BCUT2D eigenvalue weighted by molar-refractivity contribution is -0.286. The lowest BCUT2D eigenvalue weighted by Crippen LogP contribution is -2.25. The molecule has 0 fully saturated rings. The number of amides is 1. The van der Waals surface area contributed by atoms with E-state index in [0.29, 0.717) is 27.4 Å². The summed E-state index contributed by atoms with van der Waals surface area (Å²) >= 11 is 5.98. The van der Waals surface area contributed by atoms with Crippen molar-refractivity contribution in [1.29, 1.82) is 0 Å². The van der Waals surface area contributed by atoms with E-state index in [0.717, 1.165) is 4.68 Å². The molecule has 0 aliphatic carbocycles. The number of ether oxygens (including phenoxy) is 2. The van der Waals surface area contributed by atoms with Gasteiger partial charge in [0.05, 0.1) is 0 Å². The molecule has 0 saturated carbocycles. The van der Waals surface area contributed by atoms with E-state index in [4.69, 9.17) is 11.6 Å². The van der Waals surface area contributed by atoms with Crippen LogP contribution >= 0.6 is 11.6 Å². The number of hydrogen-bond donors (Lipinski definition) is 1. The lowest BCUT2D eigenvalue weighted by Gasteiger charge is -2.05. The maximum atomic E-state index is 13.4. The fourth-order valence-corrected chi connectivity index (χ4v) is 3.47. The number of carbonyl (C=O) groups is 1. The topological polar surface area (TPSA) is 65.4 Å². The molecule has 4 aromatic rings. The van der Waals surface area contributed by atoms with E-state index in [-0.39, 0.29) is 17.2 Å². The number of alkyl halides is 2. The molecule has 1 amide bonds. The highest BCUT2D eigenvalue weighted by Crippen LogP contribution is 2.42. The molecule has 1 aromatic heterocycles. The SMILES string of the molecule is O=C(Nc1ccc2c(c1)OC(F)(F)O2)n1cc(-c2ccc(F)cc2)c(-c2ccc(Cl)cc2)n1. The van der Waals surface area contributed by atoms with Gasteiger partial charge in [0.2, 0.25) is 0 Å². The summed E-state index contributed by atoms with van der Waals surface area (Å²) in [6.07, 6.45) is -2.27. The summed E-state index contributed by atoms with van der Waals surface area (Å²) in [5.74, 6) is -0.738. The van der Waals surface area contributed by atoms with Crippen LogP contribution in [0.3, 0.4) is 0 Å². The second-order valence-electron chi connectivity index (χ2n) is 7.11. The Morgan fingerprint density at radius 3 is 2.33 bits per heavy atom. The Labute approximate surface area is 190 Å². The van der Waals surface area contributed by atoms with Crippen LogP contribution in [0.25, 0.3) is 22.4 Å². The van der Waals surface area contributed by atoms with Gasteiger partial charge in [-0.25, -0.2) is 9.18 Å². The maximum Gasteiger partial charge on any atom is 0.586 e. The molecule has 6 nitrogen and oxygen atoms in total. The van der Waals surface area contributed by atoms with E-state index in [1.54, 1.807) is 36.4 Å². The highest BCUT2D eigenvalue weighted by atomic mass is 35.5. The zero-order valence-corrected chi connectivity index (χ0v) is 17.3. The van der Waals surface area contributed by atoms with Gasteiger partial charge in [-0.15, -0.1) is 8.78 Å². The Morgan fingerprint density at radius 1 is 0.939 bits per heavy atom. The van der Waals surface area contributed by atoms with Crippen molar-refractivity contribution in [2.45, 2.75) is 6.29 Å². The number of halogens is 4. The number of fused-ring (bicyclic) bond motifs is 1. The summed E-state index contributed by atoms with van der Waals surface area (Å²) in [5, 5.41) is 7.50. The van der Waals surface area contributed by atoms with Gasteiger partial charge in [0.1, 0.15) is 11.5 Å². The largest absolute Gasteiger partial charge is 0.586 e. The molecule has 1 aliphatic rings. The van der Waals surface area contributed by atoms with Crippen molar-refractivity contribution >= 4 is 23.3 Å². The molecule has 0 radical (unpaired) electrons. The third-order valence-electron chi connectivity index (χ3n) is 4.85. The van der Waals surface area contributed by atoms with Gasteiger partial charge in [-0.2, -0.15) is 9.78 Å². The van der Waals surface area contributed by atoms with Gasteiger partial charge < -0.3 is 14.8 Å². The van der Waals surface area contributed by atoms with Crippen molar-refractivity contribution in [3.63, 3.8) is 0 Å². The number of carbonyl (C=O) groups excluding carboxylic acids is 1. The first kappa shape index (κ1) is 20.9. The minimum absolute atomic E-state index is 0.138. The molecule has 3 aromatic carbocycles. The molecule has 166 valence electrons. The summed E-state index contributed by atoms with van der Waals surface area (Å²) < 4.78 is 49.7. The average molecular weight is 472 g/mol. The number of hydrogen-bond acceptors (Lipinski definition) is 4. The Morgan fingerprint density at radius 2 is 1.61 bits per heavy atom. The van der Waals surface area contributed by atoms with Gasteiger partial charge in [-0.3, -0.25) is 0 Å². The molecule has 0 atom stereocenters. The van der Waals surface area contributed by atoms with E-state index in [1.165, 1.54) is 36.5 Å². The molecule has 0 unspecified atom stereocenters. The van der Waals surface area contributed by atoms with Crippen LogP contribution in [0.1, 0.15) is 0 Å². The summed E-state index contributed by atoms with van der Waals surface area (Å²) in [7, 11) is 0. The first-order chi connectivity index (χ1) is 15.8. The Hall–Kier alpha value is -3.98. The van der Waals surface area contributed by atoms with Crippen molar-refractivity contribution in [3.05, 3.63) is 83.8 Å². The third kappa shape index (κ3) is 4.22. The van der Waals surface area contributed by atoms with Gasteiger partial charge in [0.15, 0.2) is 11.5 Å². The average Bonchev–Trinajstić information content (AvgIpc) is 3.34. The molecule has 0 saturated heterocycles. The van der Waals surface area contributed by atoms with Crippen LogP contribution in [0, 0.1) is 5.82 Å². The molecule has 1 N–H and O–H groups in total. The quantitative estimate of drug-likeness (QED) is 0.375. The van der Waals surface area contributed by atoms with E-state index in [2.05, 4.69) is 19.9 Å². The predicted molar refractivity (Wildman–Crippen MR) is 115 cm³/mol. The minimum atomic E-state index is -3.76. The molecule has 10 heteroatoms. The molecular weight excluding hydrogens is 459 g/mol. The van der Waals surface area contributed by atoms with E-state index in [9.17, 15) is 18.0 Å². The fourth-order valence-electron chi connectivity index (χ4n) is 3.35. The number of aromatic nitrogens is 2. The molecule has 1 aliphatic heterocycles. The van der Waals surface area contributed by atoms with Crippen LogP contribution in [-0.4, -0.2) is 22.1 Å². The Balaban J connectivity index is 1.48. The van der Waals surface area contributed by atoms with E-state index in [1.807, 2.05) is 0 Å². The van der Waals surface area contributed by atoms with Crippen molar-refractivity contribution in [1.82, 2.24) is 9.78 Å². The van der Waals surface area contributed by atoms with Gasteiger partial charge in [-0.05, 0) is 42.0 Å². The minimum Gasteiger partial charge on any atom is -0.395 e. The molecule has 0 spiro atoms. The predicted octanol–water partition coefficient (Wildman–Crippen LogP) is 6.41. The lowest BCUT2D eigenvalue weighted by atomic mass is 10.0. The Kier molecular flexibility index (Phi) is 4.98. The highest BCUT2D eigenvalue weighted by molar-refractivity contribution is 6.30. The van der Waals surface area contributed by atoms with Crippen LogP contribution in [0.4, 0.5) is 23.7 Å². The zero-order valence-electron chi connectivity index (χ0n) is 16.6. The first-order valence-electron chi connectivity index (χ1n) is 9.60. The number of anilines is 1. The molecular formula is C23H13ClF3N3O3. The van der Waals surface area contributed by atoms with Crippen LogP contribution in [0.15, 0.2) is 72.9 Å². The van der Waals surface area contributed by atoms with Crippen molar-refractivity contribution in [2.75, 3.05) is 5.32 Å². The number of nitrogens with zero attached hydrogens (tertiary/aromatic N) is 2. The molecule has 33 heavy (non-hydrogen) atoms. The summed E-state index contributed by atoms with van der Waals surface area (Å²) in [5.41, 5.74) is 2.59. The van der Waals surface area contributed by atoms with Crippen LogP contribution in [0.5, 0.6) is 11.5 Å². The van der Waals surface area contributed by atoms with E-state index < -0.39 is 18.1 Å². The van der Waals surface area contributed by atoms with Crippen LogP contribution < -0.4 is 14.8 Å². The normalized spacial score (nSPS) is 13.7. The fraction of sp³-hybridized carbons (Fsp3) is 0.0435. The number of benzene rings is 3. The molecule has 0 bridgehead atoms. The number of nitrogens with one attached hydrogen (secondary N) is 1. The molecule has 2 heterocycles. The van der Waals surface area contributed by atoms with Gasteiger partial charge in [-0.1, -0.05) is 35.9 Å². The standard InChI is InChI=1S/C23H13ClF3N3O3/c24-15-5-1-14(2-6-15)21-18(13-3-7-16(25)8-4-13)12-30(29-21)22(31)28-17-9-10-19-20(11-17)33-23(26,27)32-19/h1-12H,(H,28,31). The summed E-state index contributed by atoms with van der Waals surface area (Å²) in [6, 6.07) is 15.9. The molecule has 5 rings (SSSR count).